The van der Waals surface area contributed by atoms with Gasteiger partial charge in [-0.3, -0.25) is 14.9 Å². The van der Waals surface area contributed by atoms with E-state index in [9.17, 15) is 14.9 Å². The second kappa shape index (κ2) is 8.93. The van der Waals surface area contributed by atoms with Crippen LogP contribution in [0.4, 0.5) is 5.69 Å². The predicted octanol–water partition coefficient (Wildman–Crippen LogP) is 5.46. The number of rotatable bonds is 6. The molecule has 0 aliphatic rings. The Morgan fingerprint density at radius 3 is 2.68 bits per heavy atom. The molecule has 0 spiro atoms. The monoisotopic (exact) mass is 477 g/mol. The number of hydrazone groups is 1. The second-order valence-corrected chi connectivity index (χ2v) is 7.59. The van der Waals surface area contributed by atoms with Crippen molar-refractivity contribution in [2.75, 3.05) is 0 Å². The van der Waals surface area contributed by atoms with Gasteiger partial charge in [-0.05, 0) is 34.5 Å². The van der Waals surface area contributed by atoms with Gasteiger partial charge in [-0.15, -0.1) is 0 Å². The van der Waals surface area contributed by atoms with Crippen LogP contribution in [-0.2, 0) is 11.2 Å². The first-order valence-electron chi connectivity index (χ1n) is 9.34. The van der Waals surface area contributed by atoms with E-state index in [0.717, 1.165) is 20.8 Å². The van der Waals surface area contributed by atoms with E-state index in [0.29, 0.717) is 17.1 Å². The van der Waals surface area contributed by atoms with Gasteiger partial charge in [0.1, 0.15) is 11.5 Å². The number of hydrogen-bond donors (Lipinski definition) is 1. The molecule has 8 heteroatoms. The third-order valence-electron chi connectivity index (χ3n) is 4.66. The Kier molecular flexibility index (Phi) is 5.90. The van der Waals surface area contributed by atoms with Gasteiger partial charge in [0, 0.05) is 22.2 Å². The van der Waals surface area contributed by atoms with Crippen LogP contribution in [0.3, 0.4) is 0 Å². The van der Waals surface area contributed by atoms with Crippen molar-refractivity contribution in [3.63, 3.8) is 0 Å². The van der Waals surface area contributed by atoms with Crippen LogP contribution >= 0.6 is 15.9 Å². The zero-order chi connectivity index (χ0) is 21.8. The van der Waals surface area contributed by atoms with Gasteiger partial charge in [-0.1, -0.05) is 58.4 Å². The molecule has 154 valence electrons. The molecule has 31 heavy (non-hydrogen) atoms. The lowest BCUT2D eigenvalue weighted by Gasteiger charge is -2.07. The minimum Gasteiger partial charge on any atom is -0.455 e. The molecule has 1 N–H and O–H groups in total. The first kappa shape index (κ1) is 20.5. The first-order valence-corrected chi connectivity index (χ1v) is 10.1. The van der Waals surface area contributed by atoms with E-state index in [-0.39, 0.29) is 18.0 Å². The Labute approximate surface area is 185 Å². The normalized spacial score (nSPS) is 11.1. The van der Waals surface area contributed by atoms with Crippen molar-refractivity contribution in [2.45, 2.75) is 6.42 Å². The molecule has 0 saturated heterocycles. The number of nitrogens with one attached hydrogen (secondary N) is 1. The topological polar surface area (TPSA) is 97.7 Å². The molecule has 0 bridgehead atoms. The molecular formula is C23H16BrN3O4. The number of amides is 1. The van der Waals surface area contributed by atoms with Crippen molar-refractivity contribution in [1.29, 1.82) is 0 Å². The van der Waals surface area contributed by atoms with Gasteiger partial charge in [0.15, 0.2) is 0 Å². The highest BCUT2D eigenvalue weighted by Gasteiger charge is 2.10. The SMILES string of the molecule is O=C(Cc1ccc(Br)c2ccccc12)NN=Cc1ccc(-c2cccc([N+](=O)[O-])c2)o1. The minimum absolute atomic E-state index is 0.0168. The molecular weight excluding hydrogens is 462 g/mol. The zero-order valence-corrected chi connectivity index (χ0v) is 17.7. The summed E-state index contributed by atoms with van der Waals surface area (Å²) in [5.74, 6) is 0.628. The van der Waals surface area contributed by atoms with E-state index >= 15 is 0 Å². The lowest BCUT2D eigenvalue weighted by atomic mass is 10.0. The molecule has 7 nitrogen and oxygen atoms in total. The average Bonchev–Trinajstić information content (AvgIpc) is 3.25. The van der Waals surface area contributed by atoms with Crippen molar-refractivity contribution in [3.8, 4) is 11.3 Å². The van der Waals surface area contributed by atoms with E-state index in [1.807, 2.05) is 36.4 Å². The molecule has 0 unspecified atom stereocenters. The molecule has 0 fully saturated rings. The molecule has 0 radical (unpaired) electrons. The van der Waals surface area contributed by atoms with E-state index in [2.05, 4.69) is 26.5 Å². The van der Waals surface area contributed by atoms with Gasteiger partial charge in [0.2, 0.25) is 5.91 Å². The number of carbonyl (C=O) groups is 1. The summed E-state index contributed by atoms with van der Waals surface area (Å²) in [4.78, 5) is 22.8. The molecule has 1 aromatic heterocycles. The summed E-state index contributed by atoms with van der Waals surface area (Å²) in [5.41, 5.74) is 3.97. The third kappa shape index (κ3) is 4.70. The van der Waals surface area contributed by atoms with E-state index in [1.54, 1.807) is 24.3 Å². The predicted molar refractivity (Wildman–Crippen MR) is 122 cm³/mol. The van der Waals surface area contributed by atoms with Crippen LogP contribution in [0.2, 0.25) is 0 Å². The first-order chi connectivity index (χ1) is 15.0. The highest BCUT2D eigenvalue weighted by molar-refractivity contribution is 9.10. The molecule has 1 amide bonds. The quantitative estimate of drug-likeness (QED) is 0.226. The summed E-state index contributed by atoms with van der Waals surface area (Å²) in [6, 6.07) is 21.2. The van der Waals surface area contributed by atoms with Gasteiger partial charge >= 0.3 is 0 Å². The highest BCUT2D eigenvalue weighted by atomic mass is 79.9. The van der Waals surface area contributed by atoms with Crippen LogP contribution in [0.25, 0.3) is 22.1 Å². The van der Waals surface area contributed by atoms with Gasteiger partial charge in [-0.25, -0.2) is 5.43 Å². The maximum atomic E-state index is 12.3. The lowest BCUT2D eigenvalue weighted by Crippen LogP contribution is -2.19. The van der Waals surface area contributed by atoms with Crippen molar-refractivity contribution < 1.29 is 14.1 Å². The molecule has 4 rings (SSSR count). The second-order valence-electron chi connectivity index (χ2n) is 6.73. The smallest absolute Gasteiger partial charge is 0.270 e. The summed E-state index contributed by atoms with van der Waals surface area (Å²) in [5, 5.41) is 16.9. The molecule has 0 atom stereocenters. The Balaban J connectivity index is 1.42. The van der Waals surface area contributed by atoms with E-state index < -0.39 is 4.92 Å². The van der Waals surface area contributed by atoms with Crippen LogP contribution in [0, 0.1) is 10.1 Å². The number of benzene rings is 3. The average molecular weight is 478 g/mol. The number of nitrogens with zero attached hydrogens (tertiary/aromatic N) is 2. The van der Waals surface area contributed by atoms with Gasteiger partial charge in [0.25, 0.3) is 5.69 Å². The number of nitro groups is 1. The zero-order valence-electron chi connectivity index (χ0n) is 16.1. The van der Waals surface area contributed by atoms with E-state index in [4.69, 9.17) is 4.42 Å². The molecule has 0 saturated carbocycles. The summed E-state index contributed by atoms with van der Waals surface area (Å²) in [6.07, 6.45) is 1.57. The summed E-state index contributed by atoms with van der Waals surface area (Å²) < 4.78 is 6.62. The Morgan fingerprint density at radius 2 is 1.87 bits per heavy atom. The minimum atomic E-state index is -0.459. The van der Waals surface area contributed by atoms with Crippen LogP contribution in [0.5, 0.6) is 0 Å². The van der Waals surface area contributed by atoms with Crippen molar-refractivity contribution >= 4 is 44.5 Å². The molecule has 0 aliphatic carbocycles. The fraction of sp³-hybridized carbons (Fsp3) is 0.0435. The molecule has 4 aromatic rings. The maximum absolute atomic E-state index is 12.3. The van der Waals surface area contributed by atoms with Crippen LogP contribution < -0.4 is 5.43 Å². The molecule has 0 aliphatic heterocycles. The largest absolute Gasteiger partial charge is 0.455 e. The summed E-state index contributed by atoms with van der Waals surface area (Å²) in [7, 11) is 0. The fourth-order valence-electron chi connectivity index (χ4n) is 3.21. The van der Waals surface area contributed by atoms with Crippen molar-refractivity contribution in [2.24, 2.45) is 5.10 Å². The number of fused-ring (bicyclic) bond motifs is 1. The number of hydrogen-bond acceptors (Lipinski definition) is 5. The van der Waals surface area contributed by atoms with Gasteiger partial charge in [0.05, 0.1) is 17.6 Å². The summed E-state index contributed by atoms with van der Waals surface area (Å²) in [6.45, 7) is 0. The molecule has 3 aromatic carbocycles. The van der Waals surface area contributed by atoms with E-state index in [1.165, 1.54) is 18.3 Å². The maximum Gasteiger partial charge on any atom is 0.270 e. The Hall–Kier alpha value is -3.78. The van der Waals surface area contributed by atoms with Gasteiger partial charge < -0.3 is 4.42 Å². The number of carbonyl (C=O) groups excluding carboxylic acids is 1. The third-order valence-corrected chi connectivity index (χ3v) is 5.35. The van der Waals surface area contributed by atoms with Gasteiger partial charge in [-0.2, -0.15) is 5.10 Å². The number of halogens is 1. The Bertz CT molecular complexity index is 1310. The number of nitro benzene ring substituents is 1. The number of non-ortho nitro benzene ring substituents is 1. The standard InChI is InChI=1S/C23H16BrN3O4/c24-21-10-8-15(19-6-1-2-7-20(19)21)13-23(28)26-25-14-18-9-11-22(31-18)16-4-3-5-17(12-16)27(29)30/h1-12,14H,13H2,(H,26,28). The summed E-state index contributed by atoms with van der Waals surface area (Å²) >= 11 is 3.53. The molecule has 1 heterocycles. The van der Waals surface area contributed by atoms with Crippen LogP contribution in [0.1, 0.15) is 11.3 Å². The lowest BCUT2D eigenvalue weighted by molar-refractivity contribution is -0.384. The van der Waals surface area contributed by atoms with Crippen LogP contribution in [0.15, 0.2) is 86.8 Å². The fourth-order valence-corrected chi connectivity index (χ4v) is 3.69. The number of furan rings is 1. The van der Waals surface area contributed by atoms with Crippen molar-refractivity contribution in [3.05, 3.63) is 98.7 Å². The highest BCUT2D eigenvalue weighted by Crippen LogP contribution is 2.27. The Morgan fingerprint density at radius 1 is 1.06 bits per heavy atom. The van der Waals surface area contributed by atoms with Crippen molar-refractivity contribution in [1.82, 2.24) is 5.43 Å². The van der Waals surface area contributed by atoms with Crippen LogP contribution in [-0.4, -0.2) is 17.0 Å².